The van der Waals surface area contributed by atoms with Crippen molar-refractivity contribution >= 4 is 45.6 Å². The first kappa shape index (κ1) is 45.1. The first-order valence-electron chi connectivity index (χ1n) is 17.8. The third-order valence-electron chi connectivity index (χ3n) is 8.88. The molecule has 55 heavy (non-hydrogen) atoms. The van der Waals surface area contributed by atoms with Crippen LogP contribution in [0.25, 0.3) is 0 Å². The molecule has 3 rings (SSSR count). The highest BCUT2D eigenvalue weighted by atomic mass is 32.2. The fourth-order valence-electron chi connectivity index (χ4n) is 5.77. The van der Waals surface area contributed by atoms with Crippen LogP contribution in [-0.2, 0) is 61.4 Å². The van der Waals surface area contributed by atoms with Crippen LogP contribution in [0.1, 0.15) is 76.8 Å². The van der Waals surface area contributed by atoms with Gasteiger partial charge in [-0.05, 0) is 76.1 Å². The van der Waals surface area contributed by atoms with E-state index in [-0.39, 0.29) is 31.9 Å². The Hall–Kier alpha value is -4.27. The third kappa shape index (κ3) is 14.1. The molecule has 0 saturated carbocycles. The number of unbranched alkanes of at least 4 members (excludes halogenated alkanes) is 3. The number of ether oxygens (including phenoxy) is 3. The lowest BCUT2D eigenvalue weighted by atomic mass is 9.97. The summed E-state index contributed by atoms with van der Waals surface area (Å²) in [6.07, 6.45) is -4.71. The van der Waals surface area contributed by atoms with Crippen LogP contribution in [0.3, 0.4) is 0 Å². The van der Waals surface area contributed by atoms with E-state index >= 15 is 0 Å². The largest absolute Gasteiger partial charge is 0.479 e. The summed E-state index contributed by atoms with van der Waals surface area (Å²) >= 11 is 0. The molecule has 1 aromatic rings. The summed E-state index contributed by atoms with van der Waals surface area (Å²) in [6, 6.07) is 4.58. The van der Waals surface area contributed by atoms with Gasteiger partial charge in [0.1, 0.15) is 36.5 Å². The molecule has 6 atom stereocenters. The first-order valence-corrected chi connectivity index (χ1v) is 19.4. The summed E-state index contributed by atoms with van der Waals surface area (Å²) in [7, 11) is -4.61. The lowest BCUT2D eigenvalue weighted by molar-refractivity contribution is -0.271. The van der Waals surface area contributed by atoms with E-state index in [4.69, 9.17) is 14.2 Å². The van der Waals surface area contributed by atoms with Gasteiger partial charge in [-0.1, -0.05) is 12.5 Å². The summed E-state index contributed by atoms with van der Waals surface area (Å²) in [5.41, 5.74) is 0.409. The second-order valence-corrected chi connectivity index (χ2v) is 16.0. The highest BCUT2D eigenvalue weighted by molar-refractivity contribution is 7.85. The second-order valence-electron chi connectivity index (χ2n) is 14.5. The number of ketones is 1. The highest BCUT2D eigenvalue weighted by Gasteiger charge is 2.48. The van der Waals surface area contributed by atoms with Crippen molar-refractivity contribution in [3.05, 3.63) is 41.5 Å². The van der Waals surface area contributed by atoms with E-state index in [9.17, 15) is 62.2 Å². The molecular weight excluding hydrogens is 748 g/mol. The Labute approximate surface area is 318 Å². The number of carbonyl (C=O) groups excluding carboxylic acids is 5. The molecular formula is C36H50N2O16S. The van der Waals surface area contributed by atoms with Crippen LogP contribution in [0.4, 0.5) is 0 Å². The molecule has 1 fully saturated rings. The molecule has 0 radical (unpaired) electrons. The van der Waals surface area contributed by atoms with Crippen molar-refractivity contribution in [1.29, 1.82) is 0 Å². The van der Waals surface area contributed by atoms with Crippen LogP contribution in [0.5, 0.6) is 5.75 Å². The zero-order valence-electron chi connectivity index (χ0n) is 30.9. The summed E-state index contributed by atoms with van der Waals surface area (Å²) in [6.45, 7) is 5.22. The molecule has 2 aliphatic rings. The fourth-order valence-corrected chi connectivity index (χ4v) is 6.55. The van der Waals surface area contributed by atoms with Crippen LogP contribution in [0.15, 0.2) is 30.4 Å². The Morgan fingerprint density at radius 1 is 0.927 bits per heavy atom. The molecule has 1 saturated heterocycles. The van der Waals surface area contributed by atoms with Gasteiger partial charge in [0.2, 0.25) is 12.2 Å². The molecule has 6 N–H and O–H groups in total. The van der Waals surface area contributed by atoms with E-state index in [0.29, 0.717) is 49.7 Å². The SMILES string of the molecule is CC(C)(C)C(=O)OCc1ccc(O[C@@H]2O[C@H](C(=O)O)[C@@H](O)[C@H](O)[C@H]2O)cc1CCCCNC(=O)[C@@H](CC(=O)CCCCCN1C(=O)C=CC1=O)CS(=O)(=O)O. The molecule has 2 heterocycles. The molecule has 3 amide bonds. The number of hydrogen-bond donors (Lipinski definition) is 6. The quantitative estimate of drug-likeness (QED) is 0.0426. The van der Waals surface area contributed by atoms with E-state index in [1.165, 1.54) is 18.2 Å². The second kappa shape index (κ2) is 20.1. The van der Waals surface area contributed by atoms with Crippen molar-refractivity contribution < 1.29 is 76.4 Å². The number of carboxylic acids is 1. The van der Waals surface area contributed by atoms with Gasteiger partial charge >= 0.3 is 11.9 Å². The standard InChI is InChI=1S/C36H50N2O16S/c1-36(2,3)35(48)52-19-22-11-12-25(53-34-30(44)28(42)29(43)31(54-34)33(46)47)18-21(22)9-6-7-15-37-32(45)23(20-55(49,50)51)17-24(39)10-5-4-8-16-38-26(40)13-14-27(38)41/h11-14,18,23,28-31,34,42-44H,4-10,15-17,19-20H2,1-3H3,(H,37,45)(H,46,47)(H,49,50,51)/t23-,28-,29-,30+,31-,34+/m0/s1. The lowest BCUT2D eigenvalue weighted by Gasteiger charge is -2.38. The first-order chi connectivity index (χ1) is 25.7. The van der Waals surface area contributed by atoms with Crippen LogP contribution >= 0.6 is 0 Å². The number of aliphatic carboxylic acids is 1. The zero-order chi connectivity index (χ0) is 41.1. The maximum atomic E-state index is 12.9. The highest BCUT2D eigenvalue weighted by Crippen LogP contribution is 2.28. The van der Waals surface area contributed by atoms with Gasteiger partial charge in [0, 0.05) is 38.1 Å². The summed E-state index contributed by atoms with van der Waals surface area (Å²) in [5.74, 6) is -6.19. The van der Waals surface area contributed by atoms with Gasteiger partial charge < -0.3 is 40.0 Å². The molecule has 0 bridgehead atoms. The van der Waals surface area contributed by atoms with Crippen molar-refractivity contribution in [2.75, 3.05) is 18.8 Å². The van der Waals surface area contributed by atoms with Gasteiger partial charge in [-0.25, -0.2) is 4.79 Å². The van der Waals surface area contributed by atoms with Gasteiger partial charge in [0.25, 0.3) is 21.9 Å². The van der Waals surface area contributed by atoms with Crippen molar-refractivity contribution in [3.8, 4) is 5.75 Å². The number of benzene rings is 1. The van der Waals surface area contributed by atoms with Crippen LogP contribution < -0.4 is 10.1 Å². The molecule has 0 unspecified atom stereocenters. The van der Waals surface area contributed by atoms with Gasteiger partial charge in [0.15, 0.2) is 6.10 Å². The number of aliphatic hydroxyl groups is 3. The van der Waals surface area contributed by atoms with Crippen molar-refractivity contribution in [2.45, 2.75) is 109 Å². The Balaban J connectivity index is 1.57. The van der Waals surface area contributed by atoms with E-state index in [2.05, 4.69) is 5.32 Å². The minimum atomic E-state index is -4.61. The maximum absolute atomic E-state index is 12.9. The van der Waals surface area contributed by atoms with E-state index in [0.717, 1.165) is 4.90 Å². The van der Waals surface area contributed by atoms with Crippen LogP contribution in [-0.4, -0.2) is 123 Å². The van der Waals surface area contributed by atoms with E-state index < -0.39 is 99.8 Å². The topological polar surface area (TPSA) is 281 Å². The Bertz CT molecular complexity index is 1690. The van der Waals surface area contributed by atoms with Crippen molar-refractivity contribution in [2.24, 2.45) is 11.3 Å². The Kier molecular flexibility index (Phi) is 16.5. The molecule has 1 aromatic carbocycles. The average molecular weight is 799 g/mol. The summed E-state index contributed by atoms with van der Waals surface area (Å²) < 4.78 is 49.1. The number of nitrogens with zero attached hydrogens (tertiary/aromatic N) is 1. The van der Waals surface area contributed by atoms with E-state index in [1.54, 1.807) is 32.9 Å². The summed E-state index contributed by atoms with van der Waals surface area (Å²) in [4.78, 5) is 73.9. The number of hydrogen-bond acceptors (Lipinski definition) is 14. The number of aryl methyl sites for hydroxylation is 1. The predicted molar refractivity (Wildman–Crippen MR) is 190 cm³/mol. The summed E-state index contributed by atoms with van der Waals surface area (Å²) in [5, 5.41) is 42.5. The van der Waals surface area contributed by atoms with Crippen LogP contribution in [0, 0.1) is 11.3 Å². The van der Waals surface area contributed by atoms with Gasteiger partial charge in [-0.3, -0.25) is 33.4 Å². The number of carboxylic acid groups (broad SMARTS) is 1. The number of amides is 3. The van der Waals surface area contributed by atoms with E-state index in [1.807, 2.05) is 0 Å². The maximum Gasteiger partial charge on any atom is 0.335 e. The van der Waals surface area contributed by atoms with Gasteiger partial charge in [-0.2, -0.15) is 8.42 Å². The molecule has 306 valence electrons. The number of nitrogens with one attached hydrogen (secondary N) is 1. The average Bonchev–Trinajstić information content (AvgIpc) is 3.41. The number of carbonyl (C=O) groups is 6. The molecule has 0 aliphatic carbocycles. The number of esters is 1. The number of Topliss-reactive ketones (excluding diaryl/α,β-unsaturated/α-hetero) is 1. The number of imide groups is 1. The molecule has 19 heteroatoms. The minimum Gasteiger partial charge on any atom is -0.479 e. The smallest absolute Gasteiger partial charge is 0.335 e. The zero-order valence-corrected chi connectivity index (χ0v) is 31.7. The Morgan fingerprint density at radius 2 is 1.60 bits per heavy atom. The van der Waals surface area contributed by atoms with Gasteiger partial charge in [-0.15, -0.1) is 0 Å². The molecule has 18 nitrogen and oxygen atoms in total. The number of rotatable bonds is 21. The van der Waals surface area contributed by atoms with Crippen molar-refractivity contribution in [3.63, 3.8) is 0 Å². The molecule has 2 aliphatic heterocycles. The predicted octanol–water partition coefficient (Wildman–Crippen LogP) is 0.434. The number of aliphatic hydroxyl groups excluding tert-OH is 3. The van der Waals surface area contributed by atoms with Crippen LogP contribution in [0.2, 0.25) is 0 Å². The monoisotopic (exact) mass is 798 g/mol. The molecule has 0 aromatic heterocycles. The van der Waals surface area contributed by atoms with Gasteiger partial charge in [0.05, 0.1) is 17.1 Å². The Morgan fingerprint density at radius 3 is 2.22 bits per heavy atom. The lowest BCUT2D eigenvalue weighted by Crippen LogP contribution is -2.61. The van der Waals surface area contributed by atoms with Crippen molar-refractivity contribution in [1.82, 2.24) is 10.2 Å². The normalized spacial score (nSPS) is 22.0. The minimum absolute atomic E-state index is 0.0279. The third-order valence-corrected chi connectivity index (χ3v) is 9.70. The molecule has 0 spiro atoms. The fraction of sp³-hybridized carbons (Fsp3) is 0.611.